The highest BCUT2D eigenvalue weighted by Crippen LogP contribution is 2.29. The molecule has 8 heteroatoms. The fourth-order valence-corrected chi connectivity index (χ4v) is 2.74. The lowest BCUT2D eigenvalue weighted by atomic mass is 10.1. The van der Waals surface area contributed by atoms with Gasteiger partial charge in [-0.2, -0.15) is 24.9 Å². The third kappa shape index (κ3) is 6.80. The first kappa shape index (κ1) is 21.1. The Balaban J connectivity index is 1.90. The van der Waals surface area contributed by atoms with Crippen LogP contribution in [0, 0.1) is 0 Å². The van der Waals surface area contributed by atoms with E-state index in [1.807, 2.05) is 6.26 Å². The van der Waals surface area contributed by atoms with Crippen LogP contribution in [0.3, 0.4) is 0 Å². The summed E-state index contributed by atoms with van der Waals surface area (Å²) in [6.45, 7) is 0.00911. The lowest BCUT2D eigenvalue weighted by Gasteiger charge is -2.13. The molecular formula is C19H21F3N2O2S. The second-order valence-electron chi connectivity index (χ2n) is 5.89. The molecule has 0 aliphatic heterocycles. The normalized spacial score (nSPS) is 12.5. The number of hydrogen-bond donors (Lipinski definition) is 2. The maximum absolute atomic E-state index is 12.7. The van der Waals surface area contributed by atoms with E-state index in [-0.39, 0.29) is 12.5 Å². The summed E-state index contributed by atoms with van der Waals surface area (Å²) in [4.78, 5) is 12.0. The van der Waals surface area contributed by atoms with Gasteiger partial charge < -0.3 is 15.8 Å². The molecule has 0 fully saturated rings. The second kappa shape index (κ2) is 9.66. The van der Waals surface area contributed by atoms with E-state index in [1.165, 1.54) is 6.07 Å². The third-order valence-corrected chi connectivity index (χ3v) is 4.40. The highest BCUT2D eigenvalue weighted by molar-refractivity contribution is 7.98. The maximum atomic E-state index is 12.7. The van der Waals surface area contributed by atoms with Gasteiger partial charge >= 0.3 is 6.18 Å². The topological polar surface area (TPSA) is 64.4 Å². The van der Waals surface area contributed by atoms with E-state index >= 15 is 0 Å². The maximum Gasteiger partial charge on any atom is 0.416 e. The second-order valence-corrected chi connectivity index (χ2v) is 6.87. The molecule has 2 aromatic carbocycles. The molecule has 2 rings (SSSR count). The Hall–Kier alpha value is -2.19. The van der Waals surface area contributed by atoms with Crippen LogP contribution in [0.15, 0.2) is 48.5 Å². The van der Waals surface area contributed by atoms with Gasteiger partial charge in [0.1, 0.15) is 12.4 Å². The van der Waals surface area contributed by atoms with Crippen molar-refractivity contribution < 1.29 is 22.7 Å². The molecule has 27 heavy (non-hydrogen) atoms. The first-order chi connectivity index (χ1) is 12.8. The van der Waals surface area contributed by atoms with E-state index in [0.29, 0.717) is 23.4 Å². The van der Waals surface area contributed by atoms with Crippen LogP contribution in [0.25, 0.3) is 0 Å². The zero-order chi connectivity index (χ0) is 19.9. The number of alkyl halides is 3. The van der Waals surface area contributed by atoms with E-state index < -0.39 is 17.8 Å². The van der Waals surface area contributed by atoms with Crippen molar-refractivity contribution >= 4 is 23.4 Å². The molecule has 3 N–H and O–H groups in total. The summed E-state index contributed by atoms with van der Waals surface area (Å²) in [6.07, 6.45) is -1.85. The Labute approximate surface area is 160 Å². The molecule has 0 unspecified atom stereocenters. The molecule has 0 heterocycles. The third-order valence-electron chi connectivity index (χ3n) is 3.75. The van der Waals surface area contributed by atoms with Crippen molar-refractivity contribution in [2.45, 2.75) is 25.2 Å². The molecule has 146 valence electrons. The van der Waals surface area contributed by atoms with Gasteiger partial charge in [-0.1, -0.05) is 12.1 Å². The van der Waals surface area contributed by atoms with Crippen molar-refractivity contribution in [2.24, 2.45) is 5.73 Å². The lowest BCUT2D eigenvalue weighted by molar-refractivity contribution is -0.137. The number of halogens is 3. The number of carbonyl (C=O) groups excluding carboxylic acids is 1. The first-order valence-electron chi connectivity index (χ1n) is 8.24. The Bertz CT molecular complexity index is 751. The minimum Gasteiger partial charge on any atom is -0.489 e. The van der Waals surface area contributed by atoms with Crippen molar-refractivity contribution in [3.8, 4) is 5.75 Å². The smallest absolute Gasteiger partial charge is 0.416 e. The average molecular weight is 398 g/mol. The van der Waals surface area contributed by atoms with Gasteiger partial charge in [-0.25, -0.2) is 0 Å². The molecule has 0 radical (unpaired) electrons. The van der Waals surface area contributed by atoms with Gasteiger partial charge in [-0.3, -0.25) is 4.79 Å². The van der Waals surface area contributed by atoms with E-state index in [2.05, 4.69) is 5.32 Å². The van der Waals surface area contributed by atoms with E-state index in [9.17, 15) is 18.0 Å². The van der Waals surface area contributed by atoms with E-state index in [0.717, 1.165) is 17.9 Å². The fraction of sp³-hybridized carbons (Fsp3) is 0.316. The number of nitrogens with one attached hydrogen (secondary N) is 1. The summed E-state index contributed by atoms with van der Waals surface area (Å²) >= 11 is 1.62. The summed E-state index contributed by atoms with van der Waals surface area (Å²) in [5, 5.41) is 2.72. The molecule has 4 nitrogen and oxygen atoms in total. The molecule has 0 saturated carbocycles. The largest absolute Gasteiger partial charge is 0.489 e. The minimum absolute atomic E-state index is 0.00911. The van der Waals surface area contributed by atoms with Crippen molar-refractivity contribution in [1.29, 1.82) is 0 Å². The van der Waals surface area contributed by atoms with Crippen LogP contribution < -0.4 is 15.8 Å². The molecule has 0 bridgehead atoms. The average Bonchev–Trinajstić information content (AvgIpc) is 2.65. The molecule has 0 aromatic heterocycles. The first-order valence-corrected chi connectivity index (χ1v) is 9.63. The van der Waals surface area contributed by atoms with Crippen LogP contribution in [-0.2, 0) is 17.6 Å². The molecule has 0 aliphatic carbocycles. The van der Waals surface area contributed by atoms with Gasteiger partial charge in [0.25, 0.3) is 0 Å². The van der Waals surface area contributed by atoms with Gasteiger partial charge in [0.15, 0.2) is 0 Å². The number of benzene rings is 2. The van der Waals surface area contributed by atoms with Crippen LogP contribution in [0.1, 0.15) is 17.5 Å². The predicted molar refractivity (Wildman–Crippen MR) is 102 cm³/mol. The van der Waals surface area contributed by atoms with Gasteiger partial charge in [-0.15, -0.1) is 0 Å². The van der Waals surface area contributed by atoms with Gasteiger partial charge in [-0.05, 0) is 60.4 Å². The van der Waals surface area contributed by atoms with E-state index in [4.69, 9.17) is 10.5 Å². The van der Waals surface area contributed by atoms with E-state index in [1.54, 1.807) is 42.1 Å². The molecule has 0 aliphatic rings. The number of ether oxygens (including phenoxy) is 1. The number of amides is 1. The SMILES string of the molecule is CSCC[C@H](N)C(=O)Nc1ccc(OCc2cccc(C(F)(F)F)c2)cc1. The molecule has 1 amide bonds. The summed E-state index contributed by atoms with van der Waals surface area (Å²) < 4.78 is 43.7. The lowest BCUT2D eigenvalue weighted by Crippen LogP contribution is -2.36. The number of carbonyl (C=O) groups is 1. The van der Waals surface area contributed by atoms with Gasteiger partial charge in [0.2, 0.25) is 5.91 Å². The summed E-state index contributed by atoms with van der Waals surface area (Å²) in [5.41, 5.74) is 6.09. The molecular weight excluding hydrogens is 377 g/mol. The Morgan fingerprint density at radius 2 is 1.93 bits per heavy atom. The zero-order valence-electron chi connectivity index (χ0n) is 14.8. The quantitative estimate of drug-likeness (QED) is 0.696. The molecule has 1 atom stereocenters. The van der Waals surface area contributed by atoms with Gasteiger partial charge in [0.05, 0.1) is 11.6 Å². The molecule has 0 saturated heterocycles. The van der Waals surface area contributed by atoms with Crippen LogP contribution in [0.2, 0.25) is 0 Å². The van der Waals surface area contributed by atoms with Crippen LogP contribution in [-0.4, -0.2) is 24.0 Å². The number of hydrogen-bond acceptors (Lipinski definition) is 4. The predicted octanol–water partition coefficient (Wildman–Crippen LogP) is 4.30. The number of anilines is 1. The van der Waals surface area contributed by atoms with Crippen LogP contribution in [0.4, 0.5) is 18.9 Å². The zero-order valence-corrected chi connectivity index (χ0v) is 15.6. The monoisotopic (exact) mass is 398 g/mol. The highest BCUT2D eigenvalue weighted by Gasteiger charge is 2.30. The van der Waals surface area contributed by atoms with Crippen LogP contribution in [0.5, 0.6) is 5.75 Å². The molecule has 2 aromatic rings. The minimum atomic E-state index is -4.38. The highest BCUT2D eigenvalue weighted by atomic mass is 32.2. The Morgan fingerprint density at radius 3 is 2.56 bits per heavy atom. The standard InChI is InChI=1S/C19H21F3N2O2S/c1-27-10-9-17(23)18(25)24-15-5-7-16(8-6-15)26-12-13-3-2-4-14(11-13)19(20,21)22/h2-8,11,17H,9-10,12,23H2,1H3,(H,24,25)/t17-/m0/s1. The van der Waals surface area contributed by atoms with Gasteiger partial charge in [0, 0.05) is 5.69 Å². The number of rotatable bonds is 8. The van der Waals surface area contributed by atoms with Crippen molar-refractivity contribution in [3.05, 3.63) is 59.7 Å². The van der Waals surface area contributed by atoms with Crippen LogP contribution >= 0.6 is 11.8 Å². The number of nitrogens with two attached hydrogens (primary N) is 1. The fourth-order valence-electron chi connectivity index (χ4n) is 2.25. The summed E-state index contributed by atoms with van der Waals surface area (Å²) in [7, 11) is 0. The van der Waals surface area contributed by atoms with Crippen molar-refractivity contribution in [1.82, 2.24) is 0 Å². The van der Waals surface area contributed by atoms with Crippen molar-refractivity contribution in [2.75, 3.05) is 17.3 Å². The molecule has 0 spiro atoms. The van der Waals surface area contributed by atoms with Crippen molar-refractivity contribution in [3.63, 3.8) is 0 Å². The summed E-state index contributed by atoms with van der Waals surface area (Å²) in [5.74, 6) is 1.02. The number of thioether (sulfide) groups is 1. The Kier molecular flexibility index (Phi) is 7.55. The Morgan fingerprint density at radius 1 is 1.22 bits per heavy atom. The summed E-state index contributed by atoms with van der Waals surface area (Å²) in [6, 6.07) is 11.0.